The van der Waals surface area contributed by atoms with Crippen molar-refractivity contribution < 1.29 is 0 Å². The zero-order valence-corrected chi connectivity index (χ0v) is 15.4. The number of fused-ring (bicyclic) bond motifs is 4. The Morgan fingerprint density at radius 1 is 1.07 bits per heavy atom. The van der Waals surface area contributed by atoms with Crippen LogP contribution in [-0.4, -0.2) is 56.1 Å². The summed E-state index contributed by atoms with van der Waals surface area (Å²) in [7, 11) is 1.88. The molecule has 2 fully saturated rings. The van der Waals surface area contributed by atoms with Gasteiger partial charge in [-0.2, -0.15) is 0 Å². The Morgan fingerprint density at radius 2 is 1.86 bits per heavy atom. The Bertz CT molecular complexity index is 1070. The molecule has 1 saturated carbocycles. The largest absolute Gasteiger partial charge is 0.373 e. The molecule has 4 heterocycles. The Labute approximate surface area is 161 Å². The summed E-state index contributed by atoms with van der Waals surface area (Å²) in [6.07, 6.45) is 7.28. The fourth-order valence-corrected chi connectivity index (χ4v) is 4.56. The Kier molecular flexibility index (Phi) is 3.19. The van der Waals surface area contributed by atoms with Crippen LogP contribution in [0.4, 0.5) is 11.6 Å². The average Bonchev–Trinajstić information content (AvgIpc) is 3.10. The van der Waals surface area contributed by atoms with Gasteiger partial charge in [-0.05, 0) is 11.8 Å². The number of piperidine rings is 1. The van der Waals surface area contributed by atoms with Gasteiger partial charge in [0.25, 0.3) is 0 Å². The summed E-state index contributed by atoms with van der Waals surface area (Å²) in [5.74, 6) is 3.54. The van der Waals surface area contributed by atoms with Crippen LogP contribution in [0.2, 0.25) is 0 Å². The van der Waals surface area contributed by atoms with Crippen LogP contribution in [-0.2, 0) is 6.42 Å². The second-order valence-corrected chi connectivity index (χ2v) is 7.61. The molecule has 3 aliphatic rings. The smallest absolute Gasteiger partial charge is 0.164 e. The number of hydrogen-bond acceptors (Lipinski definition) is 9. The van der Waals surface area contributed by atoms with Gasteiger partial charge in [0.1, 0.15) is 24.3 Å². The van der Waals surface area contributed by atoms with Crippen LogP contribution >= 0.6 is 0 Å². The van der Waals surface area contributed by atoms with Gasteiger partial charge in [-0.15, -0.1) is 0 Å². The van der Waals surface area contributed by atoms with E-state index in [4.69, 9.17) is 15.7 Å². The molecule has 3 aromatic rings. The number of anilines is 2. The first-order chi connectivity index (χ1) is 13.7. The van der Waals surface area contributed by atoms with E-state index in [2.05, 4.69) is 30.2 Å². The van der Waals surface area contributed by atoms with Gasteiger partial charge >= 0.3 is 0 Å². The molecule has 3 N–H and O–H groups in total. The number of hydrogen-bond donors (Lipinski definition) is 2. The van der Waals surface area contributed by atoms with Gasteiger partial charge in [-0.1, -0.05) is 0 Å². The quantitative estimate of drug-likeness (QED) is 0.535. The number of nitrogens with one attached hydrogen (secondary N) is 1. The molecule has 6 rings (SSSR count). The number of nitrogens with zero attached hydrogens (tertiary/aromatic N) is 7. The molecule has 0 aromatic carbocycles. The first-order valence-corrected chi connectivity index (χ1v) is 9.43. The lowest BCUT2D eigenvalue weighted by atomic mass is 10.2. The van der Waals surface area contributed by atoms with Gasteiger partial charge < -0.3 is 16.0 Å². The second kappa shape index (κ2) is 5.65. The Hall–Kier alpha value is -3.20. The summed E-state index contributed by atoms with van der Waals surface area (Å²) in [5.41, 5.74) is 10.9. The summed E-state index contributed by atoms with van der Waals surface area (Å²) in [6, 6.07) is 0.332. The summed E-state index contributed by atoms with van der Waals surface area (Å²) in [4.78, 5) is 29.3. The van der Waals surface area contributed by atoms with Crippen LogP contribution < -0.4 is 16.0 Å². The van der Waals surface area contributed by atoms with Gasteiger partial charge in [-0.25, -0.2) is 29.9 Å². The molecule has 0 amide bonds. The van der Waals surface area contributed by atoms with Crippen LogP contribution in [0.25, 0.3) is 22.6 Å². The van der Waals surface area contributed by atoms with Crippen molar-refractivity contribution in [3.05, 3.63) is 36.3 Å². The zero-order valence-electron chi connectivity index (χ0n) is 15.4. The highest BCUT2D eigenvalue weighted by atomic mass is 15.3. The molecule has 9 nitrogen and oxygen atoms in total. The Balaban J connectivity index is 1.53. The molecule has 3 aromatic heterocycles. The SMILES string of the molecule is CNc1ncnc2c1Cc1nc(-c3cncnc3)nc(N3CC4C(N)C4C3)c1-2. The first kappa shape index (κ1) is 15.8. The first-order valence-electron chi connectivity index (χ1n) is 9.43. The summed E-state index contributed by atoms with van der Waals surface area (Å²) in [5, 5.41) is 3.17. The highest BCUT2D eigenvalue weighted by molar-refractivity contribution is 5.85. The van der Waals surface area contributed by atoms with Crippen molar-refractivity contribution in [3.63, 3.8) is 0 Å². The third-order valence-electron chi connectivity index (χ3n) is 6.11. The second-order valence-electron chi connectivity index (χ2n) is 7.61. The van der Waals surface area contributed by atoms with E-state index >= 15 is 0 Å². The minimum Gasteiger partial charge on any atom is -0.373 e. The van der Waals surface area contributed by atoms with Crippen molar-refractivity contribution in [2.24, 2.45) is 17.6 Å². The fourth-order valence-electron chi connectivity index (χ4n) is 4.56. The summed E-state index contributed by atoms with van der Waals surface area (Å²) < 4.78 is 0. The van der Waals surface area contributed by atoms with E-state index in [0.717, 1.165) is 52.8 Å². The lowest BCUT2D eigenvalue weighted by Gasteiger charge is -2.23. The standard InChI is InChI=1S/C19H19N9/c1-21-18-10-2-13-14(16(10)24-8-25-18)19(28-5-11-12(6-28)15(11)20)27-17(26-13)9-3-22-7-23-4-9/h3-4,7-8,11-12,15H,2,5-6,20H2,1H3,(H,21,24,25). The van der Waals surface area contributed by atoms with Crippen molar-refractivity contribution in [3.8, 4) is 22.6 Å². The topological polar surface area (TPSA) is 119 Å². The molecule has 140 valence electrons. The molecule has 0 spiro atoms. The molecule has 2 unspecified atom stereocenters. The van der Waals surface area contributed by atoms with Crippen LogP contribution in [0, 0.1) is 11.8 Å². The lowest BCUT2D eigenvalue weighted by molar-refractivity contribution is 0.735. The predicted molar refractivity (Wildman–Crippen MR) is 104 cm³/mol. The van der Waals surface area contributed by atoms with Gasteiger partial charge in [0.2, 0.25) is 0 Å². The van der Waals surface area contributed by atoms with E-state index in [1.165, 1.54) is 6.33 Å². The maximum atomic E-state index is 6.16. The van der Waals surface area contributed by atoms with E-state index in [9.17, 15) is 0 Å². The molecule has 1 aliphatic heterocycles. The van der Waals surface area contributed by atoms with Crippen molar-refractivity contribution in [2.45, 2.75) is 12.5 Å². The van der Waals surface area contributed by atoms with E-state index in [1.54, 1.807) is 18.7 Å². The predicted octanol–water partition coefficient (Wildman–Crippen LogP) is 0.730. The summed E-state index contributed by atoms with van der Waals surface area (Å²) >= 11 is 0. The van der Waals surface area contributed by atoms with E-state index in [-0.39, 0.29) is 0 Å². The van der Waals surface area contributed by atoms with Gasteiger partial charge in [0.15, 0.2) is 5.82 Å². The van der Waals surface area contributed by atoms with Gasteiger partial charge in [0, 0.05) is 50.6 Å². The highest BCUT2D eigenvalue weighted by Crippen LogP contribution is 2.49. The van der Waals surface area contributed by atoms with Crippen molar-refractivity contribution >= 4 is 11.6 Å². The average molecular weight is 373 g/mol. The van der Waals surface area contributed by atoms with Crippen LogP contribution in [0.1, 0.15) is 11.3 Å². The number of rotatable bonds is 3. The minimum atomic E-state index is 0.332. The van der Waals surface area contributed by atoms with Crippen LogP contribution in [0.15, 0.2) is 25.0 Å². The third kappa shape index (κ3) is 2.16. The molecular weight excluding hydrogens is 354 g/mol. The van der Waals surface area contributed by atoms with Crippen molar-refractivity contribution in [1.82, 2.24) is 29.9 Å². The molecular formula is C19H19N9. The minimum absolute atomic E-state index is 0.332. The third-order valence-corrected chi connectivity index (χ3v) is 6.11. The van der Waals surface area contributed by atoms with E-state index in [0.29, 0.717) is 30.1 Å². The maximum Gasteiger partial charge on any atom is 0.164 e. The van der Waals surface area contributed by atoms with Crippen molar-refractivity contribution in [1.29, 1.82) is 0 Å². The molecule has 2 aliphatic carbocycles. The lowest BCUT2D eigenvalue weighted by Crippen LogP contribution is -2.29. The van der Waals surface area contributed by atoms with Gasteiger partial charge in [-0.3, -0.25) is 0 Å². The molecule has 0 radical (unpaired) electrons. The van der Waals surface area contributed by atoms with Crippen LogP contribution in [0.3, 0.4) is 0 Å². The number of nitrogens with two attached hydrogens (primary N) is 1. The highest BCUT2D eigenvalue weighted by Gasteiger charge is 2.54. The Morgan fingerprint density at radius 3 is 2.61 bits per heavy atom. The molecule has 0 bridgehead atoms. The monoisotopic (exact) mass is 373 g/mol. The van der Waals surface area contributed by atoms with E-state index in [1.807, 2.05) is 7.05 Å². The molecule has 28 heavy (non-hydrogen) atoms. The number of aromatic nitrogens is 6. The maximum absolute atomic E-state index is 6.16. The summed E-state index contributed by atoms with van der Waals surface area (Å²) in [6.45, 7) is 1.86. The molecule has 1 saturated heterocycles. The zero-order chi connectivity index (χ0) is 18.8. The van der Waals surface area contributed by atoms with Crippen molar-refractivity contribution in [2.75, 3.05) is 30.4 Å². The van der Waals surface area contributed by atoms with Crippen LogP contribution in [0.5, 0.6) is 0 Å². The van der Waals surface area contributed by atoms with E-state index < -0.39 is 0 Å². The van der Waals surface area contributed by atoms with Gasteiger partial charge in [0.05, 0.1) is 22.5 Å². The molecule has 2 atom stereocenters. The fraction of sp³-hybridized carbons (Fsp3) is 0.368. The molecule has 9 heteroatoms. The normalized spacial score (nSPS) is 23.9.